The van der Waals surface area contributed by atoms with E-state index in [-0.39, 0.29) is 42.0 Å². The van der Waals surface area contributed by atoms with Crippen LogP contribution in [0.4, 0.5) is 9.18 Å². The predicted molar refractivity (Wildman–Crippen MR) is 108 cm³/mol. The Labute approximate surface area is 181 Å². The molecule has 0 fully saturated rings. The van der Waals surface area contributed by atoms with Crippen LogP contribution in [0.25, 0.3) is 0 Å². The predicted octanol–water partition coefficient (Wildman–Crippen LogP) is 3.46. The van der Waals surface area contributed by atoms with Gasteiger partial charge in [-0.25, -0.2) is 14.0 Å². The Morgan fingerprint density at radius 1 is 1.23 bits per heavy atom. The number of benzene rings is 2. The minimum absolute atomic E-state index is 0.0610. The maximum Gasteiger partial charge on any atom is 0.338 e. The second-order valence-electron chi connectivity index (χ2n) is 6.62. The van der Waals surface area contributed by atoms with E-state index >= 15 is 0 Å². The lowest BCUT2D eigenvalue weighted by Crippen LogP contribution is -2.47. The summed E-state index contributed by atoms with van der Waals surface area (Å²) in [5.41, 5.74) is 0.961. The fourth-order valence-electron chi connectivity index (χ4n) is 3.27. The van der Waals surface area contributed by atoms with Gasteiger partial charge in [-0.15, -0.1) is 0 Å². The van der Waals surface area contributed by atoms with Crippen LogP contribution in [0, 0.1) is 5.82 Å². The molecule has 2 aliphatic rings. The zero-order chi connectivity index (χ0) is 22.0. The van der Waals surface area contributed by atoms with Gasteiger partial charge in [0.2, 0.25) is 6.79 Å². The number of carbonyl (C=O) groups excluding carboxylic acids is 2. The van der Waals surface area contributed by atoms with E-state index in [1.807, 2.05) is 0 Å². The standard InChI is InChI=1S/C21H18ClFN2O6/c1-2-28-20(26)18-14(9-29-15-6-4-12(23)8-13(15)22)24-21(27)25-19(18)11-3-5-16-17(7-11)31-10-30-16/h3-8,19H,2,9-10H2,1H3,(H2,24,25,27). The summed E-state index contributed by atoms with van der Waals surface area (Å²) in [4.78, 5) is 25.1. The first-order valence-electron chi connectivity index (χ1n) is 9.41. The van der Waals surface area contributed by atoms with Gasteiger partial charge in [-0.2, -0.15) is 0 Å². The van der Waals surface area contributed by atoms with Crippen LogP contribution in [0.3, 0.4) is 0 Å². The molecule has 2 aliphatic heterocycles. The minimum atomic E-state index is -0.815. The quantitative estimate of drug-likeness (QED) is 0.657. The van der Waals surface area contributed by atoms with Crippen molar-refractivity contribution in [3.05, 3.63) is 64.1 Å². The molecular formula is C21H18ClFN2O6. The van der Waals surface area contributed by atoms with Crippen molar-refractivity contribution in [3.8, 4) is 17.2 Å². The van der Waals surface area contributed by atoms with Crippen LogP contribution in [0.15, 0.2) is 47.7 Å². The molecule has 0 bridgehead atoms. The van der Waals surface area contributed by atoms with Crippen LogP contribution in [0.1, 0.15) is 18.5 Å². The summed E-state index contributed by atoms with van der Waals surface area (Å²) in [6.45, 7) is 1.71. The third kappa shape index (κ3) is 4.36. The van der Waals surface area contributed by atoms with Crippen molar-refractivity contribution >= 4 is 23.6 Å². The van der Waals surface area contributed by atoms with Gasteiger partial charge in [-0.3, -0.25) is 0 Å². The van der Waals surface area contributed by atoms with Crippen LogP contribution in [0.2, 0.25) is 5.02 Å². The first-order valence-corrected chi connectivity index (χ1v) is 9.79. The van der Waals surface area contributed by atoms with E-state index in [4.69, 9.17) is 30.5 Å². The Balaban J connectivity index is 1.69. The number of halogens is 2. The Hall–Kier alpha value is -3.46. The lowest BCUT2D eigenvalue weighted by Gasteiger charge is -2.29. The van der Waals surface area contributed by atoms with Crippen LogP contribution >= 0.6 is 11.6 Å². The van der Waals surface area contributed by atoms with E-state index in [1.165, 1.54) is 12.1 Å². The summed E-state index contributed by atoms with van der Waals surface area (Å²) in [6.07, 6.45) is 0. The fraction of sp³-hybridized carbons (Fsp3) is 0.238. The van der Waals surface area contributed by atoms with E-state index in [1.54, 1.807) is 25.1 Å². The molecule has 0 saturated heterocycles. The molecule has 2 amide bonds. The molecule has 0 spiro atoms. The van der Waals surface area contributed by atoms with Crippen molar-refractivity contribution < 1.29 is 32.9 Å². The smallest absolute Gasteiger partial charge is 0.338 e. The van der Waals surface area contributed by atoms with E-state index < -0.39 is 23.9 Å². The van der Waals surface area contributed by atoms with E-state index in [0.717, 1.165) is 6.07 Å². The van der Waals surface area contributed by atoms with Gasteiger partial charge in [0.1, 0.15) is 18.2 Å². The van der Waals surface area contributed by atoms with Gasteiger partial charge in [-0.1, -0.05) is 17.7 Å². The van der Waals surface area contributed by atoms with Gasteiger partial charge < -0.3 is 29.6 Å². The van der Waals surface area contributed by atoms with Gasteiger partial charge in [0, 0.05) is 0 Å². The average molecular weight is 449 g/mol. The normalized spacial score (nSPS) is 17.1. The number of hydrogen-bond donors (Lipinski definition) is 2. The van der Waals surface area contributed by atoms with Crippen molar-refractivity contribution in [2.75, 3.05) is 20.0 Å². The fourth-order valence-corrected chi connectivity index (χ4v) is 3.49. The van der Waals surface area contributed by atoms with Gasteiger partial charge in [-0.05, 0) is 42.8 Å². The third-order valence-corrected chi connectivity index (χ3v) is 4.94. The Bertz CT molecular complexity index is 1070. The second-order valence-corrected chi connectivity index (χ2v) is 7.03. The Morgan fingerprint density at radius 2 is 2.03 bits per heavy atom. The summed E-state index contributed by atoms with van der Waals surface area (Å²) in [5, 5.41) is 5.37. The molecule has 0 aliphatic carbocycles. The molecule has 1 unspecified atom stereocenters. The summed E-state index contributed by atoms with van der Waals surface area (Å²) in [6, 6.07) is 7.42. The third-order valence-electron chi connectivity index (χ3n) is 4.64. The molecule has 162 valence electrons. The number of carbonyl (C=O) groups is 2. The number of rotatable bonds is 6. The number of fused-ring (bicyclic) bond motifs is 1. The molecule has 2 aromatic carbocycles. The first-order chi connectivity index (χ1) is 15.0. The maximum absolute atomic E-state index is 13.3. The topological polar surface area (TPSA) is 95.1 Å². The number of ether oxygens (including phenoxy) is 4. The molecule has 8 nitrogen and oxygen atoms in total. The first kappa shape index (κ1) is 20.8. The molecule has 10 heteroatoms. The van der Waals surface area contributed by atoms with Crippen LogP contribution in [-0.4, -0.2) is 32.0 Å². The van der Waals surface area contributed by atoms with Crippen LogP contribution < -0.4 is 24.8 Å². The van der Waals surface area contributed by atoms with Gasteiger partial charge >= 0.3 is 12.0 Å². The SMILES string of the molecule is CCOC(=O)C1=C(COc2ccc(F)cc2Cl)NC(=O)NC1c1ccc2c(c1)OCO2. The molecule has 0 saturated carbocycles. The summed E-state index contributed by atoms with van der Waals surface area (Å²) in [7, 11) is 0. The minimum Gasteiger partial charge on any atom is -0.486 e. The molecule has 4 rings (SSSR count). The van der Waals surface area contributed by atoms with Crippen LogP contribution in [0.5, 0.6) is 17.2 Å². The number of esters is 1. The van der Waals surface area contributed by atoms with Crippen molar-refractivity contribution in [3.63, 3.8) is 0 Å². The molecular weight excluding hydrogens is 431 g/mol. The maximum atomic E-state index is 13.3. The van der Waals surface area contributed by atoms with Crippen molar-refractivity contribution in [1.29, 1.82) is 0 Å². The van der Waals surface area contributed by atoms with Crippen molar-refractivity contribution in [1.82, 2.24) is 10.6 Å². The summed E-state index contributed by atoms with van der Waals surface area (Å²) in [5.74, 6) is 0.138. The number of amides is 2. The van der Waals surface area contributed by atoms with Crippen LogP contribution in [-0.2, 0) is 9.53 Å². The molecule has 2 heterocycles. The van der Waals surface area contributed by atoms with Gasteiger partial charge in [0.25, 0.3) is 0 Å². The van der Waals surface area contributed by atoms with E-state index in [9.17, 15) is 14.0 Å². The molecule has 2 aromatic rings. The van der Waals surface area contributed by atoms with E-state index in [2.05, 4.69) is 10.6 Å². The van der Waals surface area contributed by atoms with E-state index in [0.29, 0.717) is 17.1 Å². The Kier molecular flexibility index (Phi) is 5.85. The monoisotopic (exact) mass is 448 g/mol. The molecule has 0 radical (unpaired) electrons. The molecule has 1 atom stereocenters. The zero-order valence-electron chi connectivity index (χ0n) is 16.4. The zero-order valence-corrected chi connectivity index (χ0v) is 17.1. The summed E-state index contributed by atoms with van der Waals surface area (Å²) >= 11 is 6.01. The van der Waals surface area contributed by atoms with Gasteiger partial charge in [0.05, 0.1) is 28.9 Å². The number of nitrogens with one attached hydrogen (secondary N) is 2. The highest BCUT2D eigenvalue weighted by Crippen LogP contribution is 2.37. The molecule has 2 N–H and O–H groups in total. The number of urea groups is 1. The average Bonchev–Trinajstić information content (AvgIpc) is 3.20. The second kappa shape index (κ2) is 8.73. The molecule has 31 heavy (non-hydrogen) atoms. The Morgan fingerprint density at radius 3 is 2.81 bits per heavy atom. The highest BCUT2D eigenvalue weighted by molar-refractivity contribution is 6.32. The molecule has 0 aromatic heterocycles. The largest absolute Gasteiger partial charge is 0.486 e. The van der Waals surface area contributed by atoms with Crippen molar-refractivity contribution in [2.45, 2.75) is 13.0 Å². The highest BCUT2D eigenvalue weighted by Gasteiger charge is 2.35. The van der Waals surface area contributed by atoms with Gasteiger partial charge in [0.15, 0.2) is 11.5 Å². The van der Waals surface area contributed by atoms with Crippen molar-refractivity contribution in [2.24, 2.45) is 0 Å². The lowest BCUT2D eigenvalue weighted by molar-refractivity contribution is -0.139. The lowest BCUT2D eigenvalue weighted by atomic mass is 9.95. The highest BCUT2D eigenvalue weighted by atomic mass is 35.5. The summed E-state index contributed by atoms with van der Waals surface area (Å²) < 4.78 is 34.9. The number of hydrogen-bond acceptors (Lipinski definition) is 6.